The molecule has 1 fully saturated rings. The van der Waals surface area contributed by atoms with Crippen molar-refractivity contribution in [3.05, 3.63) is 30.5 Å². The third-order valence-corrected chi connectivity index (χ3v) is 4.33. The molecule has 2 N–H and O–H groups in total. The molecule has 4 rings (SSSR count). The summed E-state index contributed by atoms with van der Waals surface area (Å²) in [6, 6.07) is 7.04. The third kappa shape index (κ3) is 2.22. The monoisotopic (exact) mass is 286 g/mol. The first kappa shape index (κ1) is 11.7. The van der Waals surface area contributed by atoms with Gasteiger partial charge in [-0.05, 0) is 43.0 Å². The molecule has 2 aromatic heterocycles. The number of phenolic OH excluding ortho intramolecular Hbond substituents is 1. The van der Waals surface area contributed by atoms with Crippen molar-refractivity contribution in [1.82, 2.24) is 14.6 Å². The van der Waals surface area contributed by atoms with Crippen LogP contribution in [-0.2, 0) is 0 Å². The Morgan fingerprint density at radius 3 is 2.80 bits per heavy atom. The van der Waals surface area contributed by atoms with Crippen molar-refractivity contribution in [2.24, 2.45) is 5.92 Å². The number of nitrogens with one attached hydrogen (secondary N) is 1. The van der Waals surface area contributed by atoms with Crippen molar-refractivity contribution in [2.75, 3.05) is 11.9 Å². The van der Waals surface area contributed by atoms with E-state index >= 15 is 0 Å². The number of imidazole rings is 1. The highest BCUT2D eigenvalue weighted by atomic mass is 32.1. The smallest absolute Gasteiger partial charge is 0.214 e. The Labute approximate surface area is 119 Å². The first-order valence-electron chi connectivity index (χ1n) is 6.67. The largest absolute Gasteiger partial charge is 0.508 e. The highest BCUT2D eigenvalue weighted by Crippen LogP contribution is 2.30. The maximum Gasteiger partial charge on any atom is 0.214 e. The molecule has 2 heterocycles. The van der Waals surface area contributed by atoms with Crippen LogP contribution >= 0.6 is 11.3 Å². The van der Waals surface area contributed by atoms with E-state index in [1.807, 2.05) is 22.8 Å². The van der Waals surface area contributed by atoms with Crippen LogP contribution in [-0.4, -0.2) is 26.2 Å². The number of anilines is 1. The molecule has 3 aromatic rings. The van der Waals surface area contributed by atoms with Gasteiger partial charge in [0.05, 0.1) is 11.9 Å². The quantitative estimate of drug-likeness (QED) is 0.774. The van der Waals surface area contributed by atoms with Crippen molar-refractivity contribution in [3.8, 4) is 17.0 Å². The van der Waals surface area contributed by atoms with Gasteiger partial charge < -0.3 is 10.4 Å². The van der Waals surface area contributed by atoms with Crippen LogP contribution in [0.1, 0.15) is 12.8 Å². The number of phenols is 1. The maximum atomic E-state index is 9.30. The molecule has 0 aliphatic heterocycles. The van der Waals surface area contributed by atoms with Crippen molar-refractivity contribution >= 4 is 21.4 Å². The second-order valence-electron chi connectivity index (χ2n) is 5.13. The molecule has 1 aromatic carbocycles. The van der Waals surface area contributed by atoms with Crippen molar-refractivity contribution < 1.29 is 5.11 Å². The molecular formula is C14H14N4OS. The fraction of sp³-hybridized carbons (Fsp3) is 0.286. The molecule has 1 aliphatic carbocycles. The molecule has 0 unspecified atom stereocenters. The molecule has 1 aliphatic rings. The number of nitrogens with zero attached hydrogens (tertiary/aromatic N) is 3. The van der Waals surface area contributed by atoms with Crippen LogP contribution in [0.25, 0.3) is 16.2 Å². The van der Waals surface area contributed by atoms with Crippen LogP contribution in [0.5, 0.6) is 5.75 Å². The number of aromatic nitrogens is 3. The summed E-state index contributed by atoms with van der Waals surface area (Å²) in [5.41, 5.74) is 1.85. The SMILES string of the molecule is Oc1ccc(-c2cn3nc(NCC4CC4)sc3n2)cc1. The van der Waals surface area contributed by atoms with Crippen molar-refractivity contribution in [1.29, 1.82) is 0 Å². The van der Waals surface area contributed by atoms with Gasteiger partial charge in [-0.2, -0.15) is 0 Å². The van der Waals surface area contributed by atoms with E-state index < -0.39 is 0 Å². The minimum Gasteiger partial charge on any atom is -0.508 e. The third-order valence-electron chi connectivity index (χ3n) is 3.45. The van der Waals surface area contributed by atoms with E-state index in [4.69, 9.17) is 0 Å². The average molecular weight is 286 g/mol. The molecule has 20 heavy (non-hydrogen) atoms. The van der Waals surface area contributed by atoms with Gasteiger partial charge in [0, 0.05) is 12.1 Å². The van der Waals surface area contributed by atoms with Crippen LogP contribution in [0.15, 0.2) is 30.5 Å². The summed E-state index contributed by atoms with van der Waals surface area (Å²) >= 11 is 1.57. The van der Waals surface area contributed by atoms with Gasteiger partial charge in [-0.15, -0.1) is 5.10 Å². The second kappa shape index (κ2) is 4.49. The van der Waals surface area contributed by atoms with Crippen molar-refractivity contribution in [2.45, 2.75) is 12.8 Å². The minimum atomic E-state index is 0.263. The van der Waals surface area contributed by atoms with Gasteiger partial charge in [0.25, 0.3) is 0 Å². The van der Waals surface area contributed by atoms with Crippen molar-refractivity contribution in [3.63, 3.8) is 0 Å². The molecule has 0 atom stereocenters. The van der Waals surface area contributed by atoms with Gasteiger partial charge in [-0.3, -0.25) is 0 Å². The second-order valence-corrected chi connectivity index (χ2v) is 6.09. The number of rotatable bonds is 4. The number of benzene rings is 1. The lowest BCUT2D eigenvalue weighted by molar-refractivity contribution is 0.475. The summed E-state index contributed by atoms with van der Waals surface area (Å²) in [4.78, 5) is 5.45. The molecule has 0 radical (unpaired) electrons. The van der Waals surface area contributed by atoms with E-state index in [2.05, 4.69) is 15.4 Å². The summed E-state index contributed by atoms with van der Waals surface area (Å²) in [6.07, 6.45) is 4.58. The summed E-state index contributed by atoms with van der Waals surface area (Å²) in [7, 11) is 0. The minimum absolute atomic E-state index is 0.263. The molecule has 0 spiro atoms. The molecule has 102 valence electrons. The Balaban J connectivity index is 1.59. The predicted molar refractivity (Wildman–Crippen MR) is 79.2 cm³/mol. The number of aromatic hydroxyl groups is 1. The Morgan fingerprint density at radius 2 is 2.10 bits per heavy atom. The molecule has 5 nitrogen and oxygen atoms in total. The molecule has 6 heteroatoms. The van der Waals surface area contributed by atoms with Gasteiger partial charge in [-0.25, -0.2) is 9.50 Å². The van der Waals surface area contributed by atoms with Gasteiger partial charge in [0.15, 0.2) is 0 Å². The van der Waals surface area contributed by atoms with Gasteiger partial charge in [0.1, 0.15) is 5.75 Å². The Hall–Kier alpha value is -2.08. The molecule has 0 bridgehead atoms. The fourth-order valence-electron chi connectivity index (χ4n) is 2.10. The van der Waals surface area contributed by atoms with Crippen LogP contribution < -0.4 is 5.32 Å². The highest BCUT2D eigenvalue weighted by molar-refractivity contribution is 7.20. The van der Waals surface area contributed by atoms with Crippen LogP contribution in [0, 0.1) is 5.92 Å². The van der Waals surface area contributed by atoms with Crippen LogP contribution in [0.4, 0.5) is 5.13 Å². The van der Waals surface area contributed by atoms with E-state index in [9.17, 15) is 5.11 Å². The first-order chi connectivity index (χ1) is 9.78. The summed E-state index contributed by atoms with van der Waals surface area (Å²) in [6.45, 7) is 1.02. The fourth-order valence-corrected chi connectivity index (χ4v) is 2.88. The zero-order chi connectivity index (χ0) is 13.5. The summed E-state index contributed by atoms with van der Waals surface area (Å²) in [5.74, 6) is 1.10. The lowest BCUT2D eigenvalue weighted by atomic mass is 10.2. The summed E-state index contributed by atoms with van der Waals surface area (Å²) < 4.78 is 1.81. The number of fused-ring (bicyclic) bond motifs is 1. The first-order valence-corrected chi connectivity index (χ1v) is 7.49. The summed E-state index contributed by atoms with van der Waals surface area (Å²) in [5, 5.41) is 18.1. The predicted octanol–water partition coefficient (Wildman–Crippen LogP) is 2.99. The Morgan fingerprint density at radius 1 is 1.30 bits per heavy atom. The van der Waals surface area contributed by atoms with E-state index in [1.165, 1.54) is 12.8 Å². The highest BCUT2D eigenvalue weighted by Gasteiger charge is 2.21. The lowest BCUT2D eigenvalue weighted by Crippen LogP contribution is -2.02. The topological polar surface area (TPSA) is 62.5 Å². The average Bonchev–Trinajstić information content (AvgIpc) is 3.07. The maximum absolute atomic E-state index is 9.30. The van der Waals surface area contributed by atoms with Crippen LogP contribution in [0.2, 0.25) is 0 Å². The van der Waals surface area contributed by atoms with E-state index in [0.717, 1.165) is 33.8 Å². The van der Waals surface area contributed by atoms with E-state index in [-0.39, 0.29) is 5.75 Å². The molecule has 1 saturated carbocycles. The molecular weight excluding hydrogens is 272 g/mol. The zero-order valence-corrected chi connectivity index (χ0v) is 11.6. The Kier molecular flexibility index (Phi) is 2.63. The van der Waals surface area contributed by atoms with Gasteiger partial charge >= 0.3 is 0 Å². The standard InChI is InChI=1S/C14H14N4OS/c19-11-5-3-10(4-6-11)12-8-18-14(16-12)20-13(17-18)15-7-9-1-2-9/h3-6,8-9,19H,1-2,7H2,(H,15,17). The molecule has 0 saturated heterocycles. The van der Waals surface area contributed by atoms with E-state index in [1.54, 1.807) is 23.5 Å². The van der Waals surface area contributed by atoms with Gasteiger partial charge in [0.2, 0.25) is 10.1 Å². The van der Waals surface area contributed by atoms with E-state index in [0.29, 0.717) is 0 Å². The lowest BCUT2D eigenvalue weighted by Gasteiger charge is -1.98. The Bertz CT molecular complexity index is 711. The van der Waals surface area contributed by atoms with Crippen LogP contribution in [0.3, 0.4) is 0 Å². The number of hydrogen-bond donors (Lipinski definition) is 2. The zero-order valence-electron chi connectivity index (χ0n) is 10.8. The molecule has 0 amide bonds. The number of hydrogen-bond acceptors (Lipinski definition) is 5. The normalized spacial score (nSPS) is 14.8. The van der Waals surface area contributed by atoms with Gasteiger partial charge in [-0.1, -0.05) is 11.3 Å².